The molecule has 0 saturated carbocycles. The first-order valence-electron chi connectivity index (χ1n) is 7.05. The Bertz CT molecular complexity index is 878. The van der Waals surface area contributed by atoms with Crippen LogP contribution in [0, 0.1) is 5.82 Å². The van der Waals surface area contributed by atoms with Gasteiger partial charge in [0.15, 0.2) is 5.82 Å². The van der Waals surface area contributed by atoms with Crippen LogP contribution < -0.4 is 5.32 Å². The molecule has 3 aromatic rings. The molecular weight excluding hydrogens is 352 g/mol. The Labute approximate surface area is 147 Å². The molecule has 122 valence electrons. The molecule has 0 saturated heterocycles. The predicted molar refractivity (Wildman–Crippen MR) is 92.1 cm³/mol. The highest BCUT2D eigenvalue weighted by atomic mass is 35.5. The number of carbonyl (C=O) groups is 1. The molecule has 4 nitrogen and oxygen atoms in total. The maximum absolute atomic E-state index is 13.2. The highest BCUT2D eigenvalue weighted by molar-refractivity contribution is 6.33. The number of amides is 1. The zero-order valence-corrected chi connectivity index (χ0v) is 13.9. The molecule has 2 aromatic carbocycles. The molecule has 0 bridgehead atoms. The van der Waals surface area contributed by atoms with Gasteiger partial charge in [0.25, 0.3) is 5.91 Å². The minimum Gasteiger partial charge on any atom is -0.304 e. The summed E-state index contributed by atoms with van der Waals surface area (Å²) >= 11 is 11.9. The van der Waals surface area contributed by atoms with Crippen molar-refractivity contribution in [2.45, 2.75) is 6.54 Å². The van der Waals surface area contributed by atoms with Gasteiger partial charge < -0.3 is 5.32 Å². The summed E-state index contributed by atoms with van der Waals surface area (Å²) in [6.45, 7) is 0.342. The van der Waals surface area contributed by atoms with Crippen LogP contribution in [0.15, 0.2) is 54.7 Å². The summed E-state index contributed by atoms with van der Waals surface area (Å²) in [6, 6.07) is 12.7. The van der Waals surface area contributed by atoms with E-state index in [0.717, 1.165) is 5.56 Å². The van der Waals surface area contributed by atoms with Gasteiger partial charge in [-0.15, -0.1) is 0 Å². The van der Waals surface area contributed by atoms with Crippen LogP contribution in [0.2, 0.25) is 10.0 Å². The van der Waals surface area contributed by atoms with Crippen molar-refractivity contribution < 1.29 is 9.18 Å². The maximum atomic E-state index is 13.2. The molecule has 0 aliphatic rings. The summed E-state index contributed by atoms with van der Waals surface area (Å²) in [5, 5.41) is 7.71. The van der Waals surface area contributed by atoms with Crippen molar-refractivity contribution in [2.75, 3.05) is 5.32 Å². The van der Waals surface area contributed by atoms with Crippen LogP contribution in [0.4, 0.5) is 10.2 Å². The quantitative estimate of drug-likeness (QED) is 0.734. The summed E-state index contributed by atoms with van der Waals surface area (Å²) < 4.78 is 14.8. The highest BCUT2D eigenvalue weighted by Crippen LogP contribution is 2.21. The number of rotatable bonds is 4. The molecular formula is C17H12Cl2FN3O. The first-order valence-corrected chi connectivity index (χ1v) is 7.81. The van der Waals surface area contributed by atoms with Crippen LogP contribution in [0.25, 0.3) is 0 Å². The van der Waals surface area contributed by atoms with Crippen molar-refractivity contribution in [3.63, 3.8) is 0 Å². The summed E-state index contributed by atoms with van der Waals surface area (Å²) in [4.78, 5) is 12.2. The zero-order valence-electron chi connectivity index (χ0n) is 12.3. The van der Waals surface area contributed by atoms with E-state index in [2.05, 4.69) is 10.4 Å². The van der Waals surface area contributed by atoms with Crippen LogP contribution in [-0.4, -0.2) is 15.7 Å². The van der Waals surface area contributed by atoms with Crippen molar-refractivity contribution >= 4 is 34.9 Å². The van der Waals surface area contributed by atoms with Crippen LogP contribution in [0.3, 0.4) is 0 Å². The van der Waals surface area contributed by atoms with E-state index in [0.29, 0.717) is 22.2 Å². The van der Waals surface area contributed by atoms with Gasteiger partial charge in [0.05, 0.1) is 6.54 Å². The van der Waals surface area contributed by atoms with E-state index in [4.69, 9.17) is 23.2 Å². The molecule has 0 atom stereocenters. The van der Waals surface area contributed by atoms with E-state index in [-0.39, 0.29) is 17.5 Å². The Morgan fingerprint density at radius 2 is 1.92 bits per heavy atom. The summed E-state index contributed by atoms with van der Waals surface area (Å²) in [7, 11) is 0. The predicted octanol–water partition coefficient (Wildman–Crippen LogP) is 4.63. The topological polar surface area (TPSA) is 46.9 Å². The van der Waals surface area contributed by atoms with E-state index in [1.165, 1.54) is 16.8 Å². The van der Waals surface area contributed by atoms with E-state index in [9.17, 15) is 9.18 Å². The number of hydrogen-bond acceptors (Lipinski definition) is 2. The molecule has 1 amide bonds. The molecule has 7 heteroatoms. The molecule has 0 spiro atoms. The van der Waals surface area contributed by atoms with E-state index in [1.807, 2.05) is 0 Å². The number of halogens is 3. The molecule has 0 aliphatic carbocycles. The molecule has 1 aromatic heterocycles. The van der Waals surface area contributed by atoms with Crippen molar-refractivity contribution in [1.82, 2.24) is 9.78 Å². The second kappa shape index (κ2) is 7.03. The largest absolute Gasteiger partial charge is 0.304 e. The molecule has 0 radical (unpaired) electrons. The van der Waals surface area contributed by atoms with Gasteiger partial charge in [0, 0.05) is 16.8 Å². The van der Waals surface area contributed by atoms with Gasteiger partial charge in [-0.2, -0.15) is 5.10 Å². The lowest BCUT2D eigenvalue weighted by Crippen LogP contribution is -2.13. The number of carbonyl (C=O) groups excluding carboxylic acids is 1. The summed E-state index contributed by atoms with van der Waals surface area (Å²) in [5.41, 5.74) is 1.18. The third kappa shape index (κ3) is 3.93. The number of nitrogens with zero attached hydrogens (tertiary/aromatic N) is 2. The van der Waals surface area contributed by atoms with Gasteiger partial charge in [0.2, 0.25) is 0 Å². The van der Waals surface area contributed by atoms with Gasteiger partial charge >= 0.3 is 0 Å². The normalized spacial score (nSPS) is 10.6. The van der Waals surface area contributed by atoms with E-state index < -0.39 is 0 Å². The van der Waals surface area contributed by atoms with Gasteiger partial charge in [-0.25, -0.2) is 4.39 Å². The minimum atomic E-state index is -0.343. The lowest BCUT2D eigenvalue weighted by molar-refractivity contribution is 0.102. The average molecular weight is 364 g/mol. The molecule has 24 heavy (non-hydrogen) atoms. The zero-order chi connectivity index (χ0) is 17.1. The Balaban J connectivity index is 1.74. The molecule has 0 unspecified atom stereocenters. The SMILES string of the molecule is O=C(Nc1nn(Cc2cccc(F)c2)cc1Cl)c1ccc(Cl)cc1. The van der Waals surface area contributed by atoms with Crippen molar-refractivity contribution in [3.05, 3.63) is 81.7 Å². The second-order valence-corrected chi connectivity index (χ2v) is 5.96. The Kier molecular flexibility index (Phi) is 4.83. The van der Waals surface area contributed by atoms with Crippen LogP contribution >= 0.6 is 23.2 Å². The fourth-order valence-corrected chi connectivity index (χ4v) is 2.49. The molecule has 3 rings (SSSR count). The van der Waals surface area contributed by atoms with Gasteiger partial charge in [-0.3, -0.25) is 9.48 Å². The Morgan fingerprint density at radius 1 is 1.17 bits per heavy atom. The molecule has 1 heterocycles. The summed E-state index contributed by atoms with van der Waals surface area (Å²) in [6.07, 6.45) is 1.57. The van der Waals surface area contributed by atoms with Crippen molar-refractivity contribution in [1.29, 1.82) is 0 Å². The number of aromatic nitrogens is 2. The minimum absolute atomic E-state index is 0.244. The highest BCUT2D eigenvalue weighted by Gasteiger charge is 2.12. The van der Waals surface area contributed by atoms with Crippen molar-refractivity contribution in [3.8, 4) is 0 Å². The first kappa shape index (κ1) is 16.5. The summed E-state index contributed by atoms with van der Waals surface area (Å²) in [5.74, 6) is -0.417. The fourth-order valence-electron chi connectivity index (χ4n) is 2.17. The fraction of sp³-hybridized carbons (Fsp3) is 0.0588. The molecule has 1 N–H and O–H groups in total. The average Bonchev–Trinajstić information content (AvgIpc) is 2.87. The third-order valence-corrected chi connectivity index (χ3v) is 3.82. The molecule has 0 aliphatic heterocycles. The third-order valence-electron chi connectivity index (χ3n) is 3.29. The van der Waals surface area contributed by atoms with Gasteiger partial charge in [-0.1, -0.05) is 35.3 Å². The Hall–Kier alpha value is -2.37. The number of anilines is 1. The first-order chi connectivity index (χ1) is 11.5. The smallest absolute Gasteiger partial charge is 0.256 e. The van der Waals surface area contributed by atoms with Crippen LogP contribution in [0.1, 0.15) is 15.9 Å². The number of benzene rings is 2. The molecule has 0 fully saturated rings. The number of hydrogen-bond donors (Lipinski definition) is 1. The second-order valence-electron chi connectivity index (χ2n) is 5.11. The van der Waals surface area contributed by atoms with E-state index in [1.54, 1.807) is 42.6 Å². The number of nitrogens with one attached hydrogen (secondary N) is 1. The van der Waals surface area contributed by atoms with Gasteiger partial charge in [0.1, 0.15) is 10.8 Å². The van der Waals surface area contributed by atoms with E-state index >= 15 is 0 Å². The van der Waals surface area contributed by atoms with Crippen LogP contribution in [-0.2, 0) is 6.54 Å². The van der Waals surface area contributed by atoms with Crippen LogP contribution in [0.5, 0.6) is 0 Å². The Morgan fingerprint density at radius 3 is 2.62 bits per heavy atom. The van der Waals surface area contributed by atoms with Crippen molar-refractivity contribution in [2.24, 2.45) is 0 Å². The van der Waals surface area contributed by atoms with Gasteiger partial charge in [-0.05, 0) is 42.0 Å². The monoisotopic (exact) mass is 363 g/mol. The standard InChI is InChI=1S/C17H12Cl2FN3O/c18-13-6-4-12(5-7-13)17(24)21-16-15(19)10-23(22-16)9-11-2-1-3-14(20)8-11/h1-8,10H,9H2,(H,21,22,24). The lowest BCUT2D eigenvalue weighted by atomic mass is 10.2. The lowest BCUT2D eigenvalue weighted by Gasteiger charge is -2.03. The maximum Gasteiger partial charge on any atom is 0.256 e.